The van der Waals surface area contributed by atoms with E-state index in [1.54, 1.807) is 16.7 Å². The molecule has 0 radical (unpaired) electrons. The van der Waals surface area contributed by atoms with Crippen LogP contribution >= 0.6 is 0 Å². The molecular formula is C56H44. The average molecular weight is 717 g/mol. The van der Waals surface area contributed by atoms with Crippen molar-refractivity contribution < 1.29 is 0 Å². The van der Waals surface area contributed by atoms with Gasteiger partial charge in [-0.25, -0.2) is 0 Å². The lowest BCUT2D eigenvalue weighted by molar-refractivity contribution is -0.0399. The summed E-state index contributed by atoms with van der Waals surface area (Å²) in [5.41, 5.74) is 26.0. The second-order valence-electron chi connectivity index (χ2n) is 19.1. The van der Waals surface area contributed by atoms with E-state index in [0.717, 1.165) is 23.7 Å². The van der Waals surface area contributed by atoms with E-state index in [1.165, 1.54) is 116 Å². The largest absolute Gasteiger partial charge is 0.0725 e. The molecule has 4 fully saturated rings. The predicted octanol–water partition coefficient (Wildman–Crippen LogP) is 13.7. The van der Waals surface area contributed by atoms with Crippen LogP contribution in [-0.2, 0) is 16.2 Å². The first-order valence-corrected chi connectivity index (χ1v) is 21.4. The summed E-state index contributed by atoms with van der Waals surface area (Å²) >= 11 is 0. The van der Waals surface area contributed by atoms with Crippen molar-refractivity contribution in [1.82, 2.24) is 0 Å². The maximum absolute atomic E-state index is 2.64. The third-order valence-corrected chi connectivity index (χ3v) is 16.7. The van der Waals surface area contributed by atoms with Crippen molar-refractivity contribution in [2.24, 2.45) is 23.7 Å². The third kappa shape index (κ3) is 3.29. The van der Waals surface area contributed by atoms with Gasteiger partial charge in [-0.3, -0.25) is 0 Å². The van der Waals surface area contributed by atoms with Gasteiger partial charge in [0.15, 0.2) is 0 Å². The molecule has 0 nitrogen and oxygen atoms in total. The van der Waals surface area contributed by atoms with E-state index < -0.39 is 0 Å². The van der Waals surface area contributed by atoms with Gasteiger partial charge in [0.25, 0.3) is 0 Å². The molecule has 7 aromatic rings. The molecule has 7 aromatic carbocycles. The van der Waals surface area contributed by atoms with Gasteiger partial charge in [-0.15, -0.1) is 0 Å². The summed E-state index contributed by atoms with van der Waals surface area (Å²) in [5, 5.41) is 0. The van der Waals surface area contributed by atoms with Gasteiger partial charge in [-0.05, 0) is 162 Å². The monoisotopic (exact) mass is 716 g/mol. The molecular weight excluding hydrogens is 673 g/mol. The zero-order chi connectivity index (χ0) is 36.7. The molecule has 0 unspecified atom stereocenters. The second kappa shape index (κ2) is 10.1. The third-order valence-electron chi connectivity index (χ3n) is 16.7. The van der Waals surface area contributed by atoms with Gasteiger partial charge in [0.05, 0.1) is 5.41 Å². The fourth-order valence-electron chi connectivity index (χ4n) is 15.0. The molecule has 0 aromatic heterocycles. The lowest BCUT2D eigenvalue weighted by Crippen LogP contribution is -2.55. The maximum atomic E-state index is 2.64. The van der Waals surface area contributed by atoms with E-state index in [0.29, 0.717) is 0 Å². The number of hydrogen-bond donors (Lipinski definition) is 0. The molecule has 8 aliphatic rings. The Hall–Kier alpha value is -5.46. The highest BCUT2D eigenvalue weighted by Crippen LogP contribution is 2.72. The average Bonchev–Trinajstić information content (AvgIpc) is 3.89. The Morgan fingerprint density at radius 2 is 0.821 bits per heavy atom. The molecule has 0 heteroatoms. The first kappa shape index (κ1) is 30.7. The second-order valence-corrected chi connectivity index (χ2v) is 19.1. The fourth-order valence-corrected chi connectivity index (χ4v) is 15.0. The van der Waals surface area contributed by atoms with Crippen LogP contribution in [0, 0.1) is 23.7 Å². The van der Waals surface area contributed by atoms with Crippen molar-refractivity contribution in [2.75, 3.05) is 0 Å². The summed E-state index contributed by atoms with van der Waals surface area (Å²) in [6, 6.07) is 57.3. The molecule has 0 atom stereocenters. The number of fused-ring (bicyclic) bond motifs is 17. The van der Waals surface area contributed by atoms with Crippen molar-refractivity contribution in [2.45, 2.75) is 62.2 Å². The molecule has 56 heavy (non-hydrogen) atoms. The van der Waals surface area contributed by atoms with E-state index in [1.807, 2.05) is 0 Å². The van der Waals surface area contributed by atoms with Crippen molar-refractivity contribution in [3.8, 4) is 55.6 Å². The zero-order valence-electron chi connectivity index (χ0n) is 32.2. The SMILES string of the molecule is CC1(C)c2ccccc2-c2c1ccc1c2-c2c(-c3ccc4c(c3)-c3ccccc3C43c4ccccc4-c4ccccc43)cccc2C12C1CC3CC(C1)CC2C3. The van der Waals surface area contributed by atoms with Gasteiger partial charge in [-0.1, -0.05) is 153 Å². The summed E-state index contributed by atoms with van der Waals surface area (Å²) in [7, 11) is 0. The van der Waals surface area contributed by atoms with Crippen LogP contribution in [0.25, 0.3) is 55.6 Å². The van der Waals surface area contributed by atoms with Crippen molar-refractivity contribution in [3.63, 3.8) is 0 Å². The van der Waals surface area contributed by atoms with Gasteiger partial charge < -0.3 is 0 Å². The summed E-state index contributed by atoms with van der Waals surface area (Å²) in [5.74, 6) is 3.29. The van der Waals surface area contributed by atoms with Crippen LogP contribution in [-0.4, -0.2) is 0 Å². The van der Waals surface area contributed by atoms with E-state index in [9.17, 15) is 0 Å². The van der Waals surface area contributed by atoms with Gasteiger partial charge >= 0.3 is 0 Å². The summed E-state index contributed by atoms with van der Waals surface area (Å²) in [4.78, 5) is 0. The minimum Gasteiger partial charge on any atom is -0.0619 e. The Bertz CT molecular complexity index is 2840. The minimum atomic E-state index is -0.316. The van der Waals surface area contributed by atoms with Gasteiger partial charge in [-0.2, -0.15) is 0 Å². The Balaban J connectivity index is 1.06. The highest BCUT2D eigenvalue weighted by molar-refractivity contribution is 6.04. The number of benzene rings is 7. The van der Waals surface area contributed by atoms with Gasteiger partial charge in [0.2, 0.25) is 0 Å². The first-order valence-electron chi connectivity index (χ1n) is 21.4. The minimum absolute atomic E-state index is 0.0324. The highest BCUT2D eigenvalue weighted by Gasteiger charge is 2.63. The molecule has 268 valence electrons. The van der Waals surface area contributed by atoms with Crippen LogP contribution in [0.15, 0.2) is 146 Å². The van der Waals surface area contributed by atoms with E-state index in [-0.39, 0.29) is 16.2 Å². The summed E-state index contributed by atoms with van der Waals surface area (Å²) in [6.07, 6.45) is 7.07. The van der Waals surface area contributed by atoms with Crippen LogP contribution in [0.4, 0.5) is 0 Å². The van der Waals surface area contributed by atoms with Crippen LogP contribution in [0.2, 0.25) is 0 Å². The van der Waals surface area contributed by atoms with Crippen LogP contribution in [0.3, 0.4) is 0 Å². The molecule has 0 heterocycles. The highest BCUT2D eigenvalue weighted by atomic mass is 14.7. The standard InChI is InChI=1S/C56H44/c1-54(2)43-17-7-6-15-41(43)52-48(54)24-25-50-53(52)51-37(16-11-21-49(51)55(50)35-27-32-26-33(29-35)30-36(55)28-32)34-22-23-47-42(31-34)40-14-5-10-20-46(40)56(47)44-18-8-3-12-38(44)39-13-4-9-19-45(39)56/h3-25,31-33,35-36H,26-30H2,1-2H3. The molecule has 0 saturated heterocycles. The Labute approximate surface area is 330 Å². The quantitative estimate of drug-likeness (QED) is 0.159. The molecule has 0 aliphatic heterocycles. The van der Waals surface area contributed by atoms with Gasteiger partial charge in [0.1, 0.15) is 0 Å². The predicted molar refractivity (Wildman–Crippen MR) is 229 cm³/mol. The molecule has 0 amide bonds. The molecule has 4 saturated carbocycles. The smallest absolute Gasteiger partial charge is 0.0619 e. The first-order chi connectivity index (χ1) is 27.5. The Morgan fingerprint density at radius 3 is 1.46 bits per heavy atom. The summed E-state index contributed by atoms with van der Waals surface area (Å²) in [6.45, 7) is 4.91. The Morgan fingerprint density at radius 1 is 0.357 bits per heavy atom. The van der Waals surface area contributed by atoms with Crippen LogP contribution < -0.4 is 0 Å². The normalized spacial score (nSPS) is 26.0. The molecule has 4 bridgehead atoms. The Kier molecular flexibility index (Phi) is 5.54. The lowest BCUT2D eigenvalue weighted by Gasteiger charge is -2.61. The topological polar surface area (TPSA) is 0 Å². The van der Waals surface area contributed by atoms with Crippen molar-refractivity contribution in [1.29, 1.82) is 0 Å². The zero-order valence-corrected chi connectivity index (χ0v) is 32.2. The van der Waals surface area contributed by atoms with Gasteiger partial charge in [0, 0.05) is 10.8 Å². The maximum Gasteiger partial charge on any atom is 0.0725 e. The molecule has 15 rings (SSSR count). The van der Waals surface area contributed by atoms with Crippen LogP contribution in [0.5, 0.6) is 0 Å². The van der Waals surface area contributed by atoms with Crippen LogP contribution in [0.1, 0.15) is 90.5 Å². The number of rotatable bonds is 1. The molecule has 0 N–H and O–H groups in total. The van der Waals surface area contributed by atoms with E-state index in [2.05, 4.69) is 159 Å². The number of hydrogen-bond acceptors (Lipinski definition) is 0. The summed E-state index contributed by atoms with van der Waals surface area (Å²) < 4.78 is 0. The van der Waals surface area contributed by atoms with Crippen molar-refractivity contribution >= 4 is 0 Å². The van der Waals surface area contributed by atoms with E-state index in [4.69, 9.17) is 0 Å². The fraction of sp³-hybridized carbons (Fsp3) is 0.250. The molecule has 8 aliphatic carbocycles. The van der Waals surface area contributed by atoms with E-state index >= 15 is 0 Å². The lowest BCUT2D eigenvalue weighted by atomic mass is 9.43. The molecule has 2 spiro atoms. The van der Waals surface area contributed by atoms with Crippen molar-refractivity contribution in [3.05, 3.63) is 190 Å².